The Bertz CT molecular complexity index is 608. The molecule has 1 saturated heterocycles. The van der Waals surface area contributed by atoms with Crippen molar-refractivity contribution in [1.82, 2.24) is 10.3 Å². The number of nitrogens with zero attached hydrogens (tertiary/aromatic N) is 2. The fourth-order valence-electron chi connectivity index (χ4n) is 3.01. The Hall–Kier alpha value is -1.27. The van der Waals surface area contributed by atoms with E-state index in [2.05, 4.69) is 37.9 Å². The third-order valence-corrected chi connectivity index (χ3v) is 5.26. The molecule has 0 aromatic carbocycles. The van der Waals surface area contributed by atoms with Gasteiger partial charge in [0.25, 0.3) is 5.91 Å². The predicted molar refractivity (Wildman–Crippen MR) is 109 cm³/mol. The molecule has 0 atom stereocenters. The first-order chi connectivity index (χ1) is 12.3. The predicted octanol–water partition coefficient (Wildman–Crippen LogP) is 3.89. The molecule has 0 unspecified atom stereocenters. The van der Waals surface area contributed by atoms with Crippen molar-refractivity contribution in [2.45, 2.75) is 52.5 Å². The largest absolute Gasteiger partial charge is 0.378 e. The van der Waals surface area contributed by atoms with E-state index in [1.807, 2.05) is 13.0 Å². The number of aryl methyl sites for hydroxylation is 1. The van der Waals surface area contributed by atoms with Gasteiger partial charge in [-0.3, -0.25) is 4.79 Å². The van der Waals surface area contributed by atoms with Crippen LogP contribution in [0.25, 0.3) is 0 Å². The molecule has 26 heavy (non-hydrogen) atoms. The normalized spacial score (nSPS) is 15.2. The molecule has 0 saturated carbocycles. The Morgan fingerprint density at radius 2 is 2.04 bits per heavy atom. The summed E-state index contributed by atoms with van der Waals surface area (Å²) >= 11 is 1.64. The SMILES string of the molecule is CCSc1nc(N2CCOCC2)cc(C)c1C(=O)NCCCC(C)(C)C. The van der Waals surface area contributed by atoms with Crippen molar-refractivity contribution >= 4 is 23.5 Å². The van der Waals surface area contributed by atoms with Crippen LogP contribution in [0.4, 0.5) is 5.82 Å². The monoisotopic (exact) mass is 379 g/mol. The number of carbonyl (C=O) groups excluding carboxylic acids is 1. The van der Waals surface area contributed by atoms with Crippen molar-refractivity contribution < 1.29 is 9.53 Å². The average Bonchev–Trinajstić information content (AvgIpc) is 2.58. The first-order valence-corrected chi connectivity index (χ1v) is 10.6. The van der Waals surface area contributed by atoms with Crippen molar-refractivity contribution in [2.24, 2.45) is 5.41 Å². The summed E-state index contributed by atoms with van der Waals surface area (Å²) in [6, 6.07) is 2.04. The molecular weight excluding hydrogens is 346 g/mol. The molecular formula is C20H33N3O2S. The van der Waals surface area contributed by atoms with Crippen LogP contribution in [0, 0.1) is 12.3 Å². The maximum Gasteiger partial charge on any atom is 0.254 e. The molecule has 2 heterocycles. The van der Waals surface area contributed by atoms with E-state index in [1.54, 1.807) is 11.8 Å². The van der Waals surface area contributed by atoms with E-state index >= 15 is 0 Å². The summed E-state index contributed by atoms with van der Waals surface area (Å²) < 4.78 is 5.43. The number of carbonyl (C=O) groups is 1. The minimum Gasteiger partial charge on any atom is -0.378 e. The highest BCUT2D eigenvalue weighted by Gasteiger charge is 2.21. The molecule has 1 amide bonds. The fraction of sp³-hybridized carbons (Fsp3) is 0.700. The first kappa shape index (κ1) is 21.0. The van der Waals surface area contributed by atoms with E-state index in [1.165, 1.54) is 0 Å². The number of hydrogen-bond acceptors (Lipinski definition) is 5. The second-order valence-electron chi connectivity index (χ2n) is 7.93. The number of rotatable bonds is 7. The van der Waals surface area contributed by atoms with Crippen molar-refractivity contribution in [3.63, 3.8) is 0 Å². The molecule has 1 aromatic heterocycles. The molecule has 2 rings (SSSR count). The van der Waals surface area contributed by atoms with Crippen molar-refractivity contribution in [2.75, 3.05) is 43.5 Å². The Morgan fingerprint density at radius 1 is 1.35 bits per heavy atom. The van der Waals surface area contributed by atoms with Gasteiger partial charge in [0, 0.05) is 19.6 Å². The molecule has 0 aliphatic carbocycles. The van der Waals surface area contributed by atoms with Crippen LogP contribution in [0.15, 0.2) is 11.1 Å². The molecule has 1 fully saturated rings. The molecule has 0 bridgehead atoms. The summed E-state index contributed by atoms with van der Waals surface area (Å²) in [5.74, 6) is 1.84. The number of nitrogens with one attached hydrogen (secondary N) is 1. The maximum absolute atomic E-state index is 12.8. The summed E-state index contributed by atoms with van der Waals surface area (Å²) in [5, 5.41) is 3.92. The van der Waals surface area contributed by atoms with Gasteiger partial charge >= 0.3 is 0 Å². The van der Waals surface area contributed by atoms with Crippen molar-refractivity contribution in [3.05, 3.63) is 17.2 Å². The van der Waals surface area contributed by atoms with E-state index < -0.39 is 0 Å². The number of amides is 1. The number of aromatic nitrogens is 1. The van der Waals surface area contributed by atoms with Crippen molar-refractivity contribution in [3.8, 4) is 0 Å². The molecule has 6 heteroatoms. The summed E-state index contributed by atoms with van der Waals surface area (Å²) in [5.41, 5.74) is 2.01. The number of anilines is 1. The number of pyridine rings is 1. The lowest BCUT2D eigenvalue weighted by Gasteiger charge is -2.29. The minimum absolute atomic E-state index is 0.00612. The minimum atomic E-state index is -0.00612. The zero-order valence-corrected chi connectivity index (χ0v) is 17.7. The lowest BCUT2D eigenvalue weighted by Crippen LogP contribution is -2.37. The average molecular weight is 380 g/mol. The fourth-order valence-corrected chi connectivity index (χ4v) is 3.84. The van der Waals surface area contributed by atoms with E-state index in [9.17, 15) is 4.79 Å². The summed E-state index contributed by atoms with van der Waals surface area (Å²) in [6.07, 6.45) is 2.08. The highest BCUT2D eigenvalue weighted by molar-refractivity contribution is 7.99. The van der Waals surface area contributed by atoms with Crippen molar-refractivity contribution in [1.29, 1.82) is 0 Å². The van der Waals surface area contributed by atoms with Gasteiger partial charge in [-0.1, -0.05) is 27.7 Å². The smallest absolute Gasteiger partial charge is 0.254 e. The highest BCUT2D eigenvalue weighted by atomic mass is 32.2. The second-order valence-corrected chi connectivity index (χ2v) is 9.18. The molecule has 1 aliphatic heterocycles. The van der Waals surface area contributed by atoms with Gasteiger partial charge in [0.05, 0.1) is 18.8 Å². The lowest BCUT2D eigenvalue weighted by atomic mass is 9.91. The van der Waals surface area contributed by atoms with Gasteiger partial charge in [-0.15, -0.1) is 11.8 Å². The standard InChI is InChI=1S/C20H33N3O2S/c1-6-26-19-17(18(24)21-9-7-8-20(3,4)5)15(2)14-16(22-19)23-10-12-25-13-11-23/h14H,6-13H2,1-5H3,(H,21,24). The van der Waals surface area contributed by atoms with Gasteiger partial charge in [-0.05, 0) is 42.6 Å². The van der Waals surface area contributed by atoms with Gasteiger partial charge in [0.15, 0.2) is 0 Å². The number of hydrogen-bond donors (Lipinski definition) is 1. The molecule has 1 N–H and O–H groups in total. The number of ether oxygens (including phenoxy) is 1. The third kappa shape index (κ3) is 6.16. The Morgan fingerprint density at radius 3 is 2.65 bits per heavy atom. The second kappa shape index (κ2) is 9.60. The zero-order chi connectivity index (χ0) is 19.2. The van der Waals surface area contributed by atoms with Gasteiger partial charge in [0.1, 0.15) is 10.8 Å². The summed E-state index contributed by atoms with van der Waals surface area (Å²) in [7, 11) is 0. The van der Waals surface area contributed by atoms with Gasteiger partial charge in [-0.2, -0.15) is 0 Å². The summed E-state index contributed by atoms with van der Waals surface area (Å²) in [6.45, 7) is 14.6. The number of morpholine rings is 1. The van der Waals surface area contributed by atoms with Crippen LogP contribution in [0.1, 0.15) is 56.5 Å². The van der Waals surface area contributed by atoms with Crippen LogP contribution in [-0.2, 0) is 4.74 Å². The van der Waals surface area contributed by atoms with Gasteiger partial charge < -0.3 is 15.0 Å². The topological polar surface area (TPSA) is 54.5 Å². The van der Waals surface area contributed by atoms with Crippen LogP contribution in [-0.4, -0.2) is 49.5 Å². The maximum atomic E-state index is 12.8. The van der Waals surface area contributed by atoms with Crippen LogP contribution in [0.5, 0.6) is 0 Å². The molecule has 0 radical (unpaired) electrons. The first-order valence-electron chi connectivity index (χ1n) is 9.57. The Balaban J connectivity index is 2.11. The van der Waals surface area contributed by atoms with Crippen LogP contribution in [0.3, 0.4) is 0 Å². The van der Waals surface area contributed by atoms with Crippen LogP contribution in [0.2, 0.25) is 0 Å². The Kier molecular flexibility index (Phi) is 7.77. The summed E-state index contributed by atoms with van der Waals surface area (Å²) in [4.78, 5) is 19.8. The van der Waals surface area contributed by atoms with E-state index in [0.29, 0.717) is 12.0 Å². The molecule has 1 aliphatic rings. The Labute approximate surface area is 162 Å². The zero-order valence-electron chi connectivity index (χ0n) is 16.9. The number of thioether (sulfide) groups is 1. The van der Waals surface area contributed by atoms with Crippen LogP contribution >= 0.6 is 11.8 Å². The molecule has 0 spiro atoms. The van der Waals surface area contributed by atoms with Gasteiger partial charge in [-0.25, -0.2) is 4.98 Å². The molecule has 146 valence electrons. The van der Waals surface area contributed by atoms with E-state index in [4.69, 9.17) is 9.72 Å². The quantitative estimate of drug-likeness (QED) is 0.575. The van der Waals surface area contributed by atoms with Gasteiger partial charge in [0.2, 0.25) is 0 Å². The van der Waals surface area contributed by atoms with Crippen LogP contribution < -0.4 is 10.2 Å². The highest BCUT2D eigenvalue weighted by Crippen LogP contribution is 2.28. The van der Waals surface area contributed by atoms with E-state index in [-0.39, 0.29) is 5.91 Å². The molecule has 1 aromatic rings. The molecule has 5 nitrogen and oxygen atoms in total. The third-order valence-electron chi connectivity index (χ3n) is 4.40. The van der Waals surface area contributed by atoms with E-state index in [0.717, 1.165) is 66.9 Å². The lowest BCUT2D eigenvalue weighted by molar-refractivity contribution is 0.0947.